The zero-order chi connectivity index (χ0) is 14.9. The van der Waals surface area contributed by atoms with Crippen LogP contribution < -0.4 is 15.4 Å². The fourth-order valence-corrected chi connectivity index (χ4v) is 2.23. The molecule has 5 nitrogen and oxygen atoms in total. The summed E-state index contributed by atoms with van der Waals surface area (Å²) in [6.45, 7) is 4.44. The Labute approximate surface area is 126 Å². The molecule has 1 aliphatic rings. The molecule has 2 rings (SSSR count). The van der Waals surface area contributed by atoms with Crippen LogP contribution in [0.2, 0.25) is 0 Å². The van der Waals surface area contributed by atoms with E-state index >= 15 is 0 Å². The molecule has 1 saturated heterocycles. The van der Waals surface area contributed by atoms with E-state index in [0.29, 0.717) is 19.7 Å². The standard InChI is InChI=1S/C16H24N2O3/c1-2-13-5-7-14(8-6-13)21-11-9-17-16(19)18-12-15-4-3-10-20-15/h5-8,15H,2-4,9-12H2,1H3,(H2,17,18,19). The number of ether oxygens (including phenoxy) is 2. The number of hydrogen-bond acceptors (Lipinski definition) is 3. The van der Waals surface area contributed by atoms with Crippen LogP contribution in [0.15, 0.2) is 24.3 Å². The van der Waals surface area contributed by atoms with Crippen molar-refractivity contribution in [3.05, 3.63) is 29.8 Å². The Morgan fingerprint density at radius 1 is 1.33 bits per heavy atom. The number of rotatable bonds is 7. The second-order valence-electron chi connectivity index (χ2n) is 5.12. The van der Waals surface area contributed by atoms with Crippen molar-refractivity contribution in [3.63, 3.8) is 0 Å². The Kier molecular flexibility index (Phi) is 6.34. The smallest absolute Gasteiger partial charge is 0.315 e. The minimum Gasteiger partial charge on any atom is -0.492 e. The summed E-state index contributed by atoms with van der Waals surface area (Å²) >= 11 is 0. The van der Waals surface area contributed by atoms with Crippen molar-refractivity contribution in [1.29, 1.82) is 0 Å². The molecule has 0 bridgehead atoms. The van der Waals surface area contributed by atoms with Crippen molar-refractivity contribution in [2.45, 2.75) is 32.3 Å². The van der Waals surface area contributed by atoms with Gasteiger partial charge >= 0.3 is 6.03 Å². The number of hydrogen-bond donors (Lipinski definition) is 2. The average molecular weight is 292 g/mol. The summed E-state index contributed by atoms with van der Waals surface area (Å²) in [6.07, 6.45) is 3.30. The monoisotopic (exact) mass is 292 g/mol. The van der Waals surface area contributed by atoms with E-state index in [0.717, 1.165) is 31.6 Å². The molecule has 1 atom stereocenters. The van der Waals surface area contributed by atoms with Crippen molar-refractivity contribution in [1.82, 2.24) is 10.6 Å². The van der Waals surface area contributed by atoms with Gasteiger partial charge in [0.15, 0.2) is 0 Å². The van der Waals surface area contributed by atoms with Crippen LogP contribution in [0, 0.1) is 0 Å². The zero-order valence-corrected chi connectivity index (χ0v) is 12.6. The van der Waals surface area contributed by atoms with Crippen LogP contribution in [0.5, 0.6) is 5.75 Å². The van der Waals surface area contributed by atoms with Gasteiger partial charge in [0, 0.05) is 13.2 Å². The van der Waals surface area contributed by atoms with E-state index in [9.17, 15) is 4.79 Å². The van der Waals surface area contributed by atoms with Crippen molar-refractivity contribution in [2.75, 3.05) is 26.3 Å². The van der Waals surface area contributed by atoms with Gasteiger partial charge in [-0.2, -0.15) is 0 Å². The third-order valence-electron chi connectivity index (χ3n) is 3.50. The molecule has 1 aromatic rings. The summed E-state index contributed by atoms with van der Waals surface area (Å²) < 4.78 is 11.0. The van der Waals surface area contributed by atoms with E-state index in [1.165, 1.54) is 5.56 Å². The van der Waals surface area contributed by atoms with E-state index in [1.807, 2.05) is 12.1 Å². The van der Waals surface area contributed by atoms with Gasteiger partial charge in [0.1, 0.15) is 12.4 Å². The summed E-state index contributed by atoms with van der Waals surface area (Å²) in [5, 5.41) is 5.58. The first-order chi connectivity index (χ1) is 10.3. The number of nitrogens with one attached hydrogen (secondary N) is 2. The van der Waals surface area contributed by atoms with Crippen LogP contribution in [0.1, 0.15) is 25.3 Å². The predicted molar refractivity (Wildman–Crippen MR) is 81.7 cm³/mol. The van der Waals surface area contributed by atoms with E-state index in [2.05, 4.69) is 29.7 Å². The molecule has 1 heterocycles. The van der Waals surface area contributed by atoms with E-state index in [4.69, 9.17) is 9.47 Å². The third kappa shape index (κ3) is 5.63. The number of aryl methyl sites for hydroxylation is 1. The molecule has 1 fully saturated rings. The van der Waals surface area contributed by atoms with Gasteiger partial charge in [-0.25, -0.2) is 4.79 Å². The quantitative estimate of drug-likeness (QED) is 0.757. The lowest BCUT2D eigenvalue weighted by Gasteiger charge is -2.12. The third-order valence-corrected chi connectivity index (χ3v) is 3.50. The molecule has 116 valence electrons. The Morgan fingerprint density at radius 3 is 2.81 bits per heavy atom. The lowest BCUT2D eigenvalue weighted by molar-refractivity contribution is 0.111. The van der Waals surface area contributed by atoms with Crippen LogP contribution in [0.4, 0.5) is 4.79 Å². The summed E-state index contributed by atoms with van der Waals surface area (Å²) in [7, 11) is 0. The first-order valence-electron chi connectivity index (χ1n) is 7.63. The molecule has 1 aliphatic heterocycles. The molecule has 0 spiro atoms. The highest BCUT2D eigenvalue weighted by molar-refractivity contribution is 5.73. The molecule has 0 radical (unpaired) electrons. The summed E-state index contributed by atoms with van der Waals surface area (Å²) in [5.74, 6) is 0.828. The molecule has 0 aliphatic carbocycles. The molecule has 5 heteroatoms. The Bertz CT molecular complexity index is 428. The zero-order valence-electron chi connectivity index (χ0n) is 12.6. The second kappa shape index (κ2) is 8.52. The lowest BCUT2D eigenvalue weighted by atomic mass is 10.2. The van der Waals surface area contributed by atoms with Crippen LogP contribution in [-0.4, -0.2) is 38.4 Å². The van der Waals surface area contributed by atoms with E-state index in [-0.39, 0.29) is 12.1 Å². The van der Waals surface area contributed by atoms with Gasteiger partial charge < -0.3 is 20.1 Å². The van der Waals surface area contributed by atoms with Gasteiger partial charge in [-0.1, -0.05) is 19.1 Å². The van der Waals surface area contributed by atoms with Crippen molar-refractivity contribution >= 4 is 6.03 Å². The van der Waals surface area contributed by atoms with Crippen molar-refractivity contribution in [2.24, 2.45) is 0 Å². The molecule has 2 N–H and O–H groups in total. The Morgan fingerprint density at radius 2 is 2.14 bits per heavy atom. The number of urea groups is 1. The number of amides is 2. The number of carbonyl (C=O) groups is 1. The highest BCUT2D eigenvalue weighted by Gasteiger charge is 2.15. The number of benzene rings is 1. The topological polar surface area (TPSA) is 59.6 Å². The van der Waals surface area contributed by atoms with E-state index < -0.39 is 0 Å². The summed E-state index contributed by atoms with van der Waals surface area (Å²) in [5.41, 5.74) is 1.29. The molecular weight excluding hydrogens is 268 g/mol. The molecular formula is C16H24N2O3. The highest BCUT2D eigenvalue weighted by atomic mass is 16.5. The van der Waals surface area contributed by atoms with Gasteiger partial charge in [-0.3, -0.25) is 0 Å². The van der Waals surface area contributed by atoms with Crippen LogP contribution in [0.3, 0.4) is 0 Å². The van der Waals surface area contributed by atoms with Crippen LogP contribution >= 0.6 is 0 Å². The largest absolute Gasteiger partial charge is 0.492 e. The maximum Gasteiger partial charge on any atom is 0.315 e. The minimum absolute atomic E-state index is 0.170. The lowest BCUT2D eigenvalue weighted by Crippen LogP contribution is -2.41. The van der Waals surface area contributed by atoms with Crippen LogP contribution in [-0.2, 0) is 11.2 Å². The van der Waals surface area contributed by atoms with Crippen molar-refractivity contribution < 1.29 is 14.3 Å². The second-order valence-corrected chi connectivity index (χ2v) is 5.12. The van der Waals surface area contributed by atoms with Gasteiger partial charge in [0.2, 0.25) is 0 Å². The average Bonchev–Trinajstić information content (AvgIpc) is 3.03. The Balaban J connectivity index is 1.54. The first kappa shape index (κ1) is 15.6. The minimum atomic E-state index is -0.171. The van der Waals surface area contributed by atoms with Crippen molar-refractivity contribution in [3.8, 4) is 5.75 Å². The van der Waals surface area contributed by atoms with Gasteiger partial charge in [-0.15, -0.1) is 0 Å². The molecule has 2 amide bonds. The molecule has 1 aromatic carbocycles. The predicted octanol–water partition coefficient (Wildman–Crippen LogP) is 2.11. The fraction of sp³-hybridized carbons (Fsp3) is 0.562. The highest BCUT2D eigenvalue weighted by Crippen LogP contribution is 2.12. The van der Waals surface area contributed by atoms with Gasteiger partial charge in [0.05, 0.1) is 12.6 Å². The van der Waals surface area contributed by atoms with Crippen LogP contribution in [0.25, 0.3) is 0 Å². The molecule has 1 unspecified atom stereocenters. The first-order valence-corrected chi connectivity index (χ1v) is 7.63. The fourth-order valence-electron chi connectivity index (χ4n) is 2.23. The molecule has 0 aromatic heterocycles. The van der Waals surface area contributed by atoms with E-state index in [1.54, 1.807) is 0 Å². The SMILES string of the molecule is CCc1ccc(OCCNC(=O)NCC2CCCO2)cc1. The summed E-state index contributed by atoms with van der Waals surface area (Å²) in [4.78, 5) is 11.6. The summed E-state index contributed by atoms with van der Waals surface area (Å²) in [6, 6.07) is 7.84. The molecule has 0 saturated carbocycles. The van der Waals surface area contributed by atoms with Gasteiger partial charge in [0.25, 0.3) is 0 Å². The Hall–Kier alpha value is -1.75. The maximum absolute atomic E-state index is 11.6. The number of carbonyl (C=O) groups excluding carboxylic acids is 1. The normalized spacial score (nSPS) is 17.5. The maximum atomic E-state index is 11.6. The molecule has 21 heavy (non-hydrogen) atoms. The van der Waals surface area contributed by atoms with Gasteiger partial charge in [-0.05, 0) is 37.0 Å².